The van der Waals surface area contributed by atoms with Crippen molar-refractivity contribution in [1.82, 2.24) is 0 Å². The molecule has 0 aromatic carbocycles. The third-order valence-electron chi connectivity index (χ3n) is 2.31. The summed E-state index contributed by atoms with van der Waals surface area (Å²) in [6, 6.07) is 2.94. The molecule has 6 nitrogen and oxygen atoms in total. The quantitative estimate of drug-likeness (QED) is 0.527. The van der Waals surface area contributed by atoms with E-state index in [1.54, 1.807) is 0 Å². The molecule has 0 saturated heterocycles. The summed E-state index contributed by atoms with van der Waals surface area (Å²) in [4.78, 5) is 22.6. The maximum atomic E-state index is 11.6. The van der Waals surface area contributed by atoms with Crippen molar-refractivity contribution >= 4 is 23.1 Å². The number of aliphatic hydroxyl groups excluding tert-OH is 3. The van der Waals surface area contributed by atoms with Crippen LogP contribution in [0.15, 0.2) is 12.1 Å². The van der Waals surface area contributed by atoms with Crippen molar-refractivity contribution in [3.8, 4) is 0 Å². The van der Waals surface area contributed by atoms with Gasteiger partial charge in [0.05, 0.1) is 17.9 Å². The summed E-state index contributed by atoms with van der Waals surface area (Å²) in [6.45, 7) is -0.582. The van der Waals surface area contributed by atoms with Crippen LogP contribution >= 0.6 is 11.3 Å². The van der Waals surface area contributed by atoms with Crippen LogP contribution in [0.25, 0.3) is 0 Å². The number of carboxylic acid groups (broad SMARTS) is 1. The number of carbonyl (C=O) groups excluding carboxylic acids is 1. The van der Waals surface area contributed by atoms with Gasteiger partial charge < -0.3 is 20.4 Å². The summed E-state index contributed by atoms with van der Waals surface area (Å²) in [6.07, 6.45) is -2.89. The van der Waals surface area contributed by atoms with E-state index in [-0.39, 0.29) is 18.6 Å². The number of rotatable bonds is 7. The molecule has 100 valence electrons. The van der Waals surface area contributed by atoms with Crippen LogP contribution < -0.4 is 0 Å². The van der Waals surface area contributed by atoms with Crippen LogP contribution in [-0.4, -0.2) is 44.9 Å². The molecule has 2 atom stereocenters. The first-order valence-electron chi connectivity index (χ1n) is 5.27. The molecule has 4 N–H and O–H groups in total. The van der Waals surface area contributed by atoms with Gasteiger partial charge in [-0.15, -0.1) is 11.3 Å². The van der Waals surface area contributed by atoms with E-state index in [9.17, 15) is 19.8 Å². The van der Waals surface area contributed by atoms with E-state index in [4.69, 9.17) is 10.2 Å². The predicted octanol–water partition coefficient (Wildman–Crippen LogP) is 0.182. The molecule has 7 heteroatoms. The molecule has 0 saturated carbocycles. The molecule has 1 rings (SSSR count). The zero-order valence-electron chi connectivity index (χ0n) is 9.44. The molecule has 0 aliphatic heterocycles. The molecule has 1 aromatic heterocycles. The predicted molar refractivity (Wildman–Crippen MR) is 63.6 cm³/mol. The summed E-state index contributed by atoms with van der Waals surface area (Å²) in [5.74, 6) is -1.37. The highest BCUT2D eigenvalue weighted by atomic mass is 32.1. The number of aliphatic hydroxyl groups is 3. The van der Waals surface area contributed by atoms with Crippen molar-refractivity contribution in [2.45, 2.75) is 25.0 Å². The summed E-state index contributed by atoms with van der Waals surface area (Å²) in [5, 5.41) is 36.0. The number of aliphatic carboxylic acids is 1. The maximum absolute atomic E-state index is 11.6. The molecule has 0 aliphatic rings. The van der Waals surface area contributed by atoms with Crippen LogP contribution in [0.5, 0.6) is 0 Å². The van der Waals surface area contributed by atoms with Crippen molar-refractivity contribution in [1.29, 1.82) is 0 Å². The highest BCUT2D eigenvalue weighted by Gasteiger charge is 2.20. The van der Waals surface area contributed by atoms with Gasteiger partial charge in [-0.1, -0.05) is 0 Å². The molecule has 0 spiro atoms. The summed E-state index contributed by atoms with van der Waals surface area (Å²) in [5.41, 5.74) is 0. The molecule has 0 bridgehead atoms. The van der Waals surface area contributed by atoms with Crippen molar-refractivity contribution < 1.29 is 30.0 Å². The van der Waals surface area contributed by atoms with E-state index in [0.717, 1.165) is 11.3 Å². The number of hydrogen-bond donors (Lipinski definition) is 4. The lowest BCUT2D eigenvalue weighted by Crippen LogP contribution is -2.21. The van der Waals surface area contributed by atoms with Gasteiger partial charge in [0.25, 0.3) is 0 Å². The molecule has 0 radical (unpaired) electrons. The second-order valence-corrected chi connectivity index (χ2v) is 4.83. The topological polar surface area (TPSA) is 115 Å². The maximum Gasteiger partial charge on any atom is 0.303 e. The Balaban J connectivity index is 2.68. The molecule has 0 amide bonds. The fraction of sp³-hybridized carbons (Fsp3) is 0.455. The van der Waals surface area contributed by atoms with Gasteiger partial charge >= 0.3 is 5.97 Å². The lowest BCUT2D eigenvalue weighted by Gasteiger charge is -2.13. The summed E-state index contributed by atoms with van der Waals surface area (Å²) < 4.78 is 0. The first-order valence-corrected chi connectivity index (χ1v) is 6.09. The van der Waals surface area contributed by atoms with E-state index in [1.807, 2.05) is 0 Å². The third kappa shape index (κ3) is 3.88. The van der Waals surface area contributed by atoms with E-state index in [0.29, 0.717) is 9.75 Å². The van der Waals surface area contributed by atoms with E-state index in [2.05, 4.69) is 0 Å². The second-order valence-electron chi connectivity index (χ2n) is 3.71. The van der Waals surface area contributed by atoms with Crippen LogP contribution in [0.3, 0.4) is 0 Å². The SMILES string of the molecule is O=C(O)CCC(=O)c1ccc(C(O)C(O)CO)s1. The van der Waals surface area contributed by atoms with Crippen molar-refractivity contribution in [3.63, 3.8) is 0 Å². The van der Waals surface area contributed by atoms with E-state index >= 15 is 0 Å². The Labute approximate surface area is 107 Å². The highest BCUT2D eigenvalue weighted by molar-refractivity contribution is 7.14. The summed E-state index contributed by atoms with van der Waals surface area (Å²) >= 11 is 0.981. The Bertz CT molecular complexity index is 427. The van der Waals surface area contributed by atoms with Crippen molar-refractivity contribution in [3.05, 3.63) is 21.9 Å². The minimum absolute atomic E-state index is 0.103. The molecular formula is C11H14O6S. The number of Topliss-reactive ketones (excluding diaryl/α,β-unsaturated/α-hetero) is 1. The van der Waals surface area contributed by atoms with Gasteiger partial charge in [-0.25, -0.2) is 0 Å². The van der Waals surface area contributed by atoms with Gasteiger partial charge in [-0.05, 0) is 12.1 Å². The normalized spacial score (nSPS) is 14.2. The average molecular weight is 274 g/mol. The van der Waals surface area contributed by atoms with Crippen LogP contribution in [0, 0.1) is 0 Å². The molecule has 0 aliphatic carbocycles. The van der Waals surface area contributed by atoms with Crippen LogP contribution in [-0.2, 0) is 4.79 Å². The number of hydrogen-bond acceptors (Lipinski definition) is 6. The fourth-order valence-corrected chi connectivity index (χ4v) is 2.31. The number of thiophene rings is 1. The van der Waals surface area contributed by atoms with Crippen LogP contribution in [0.2, 0.25) is 0 Å². The highest BCUT2D eigenvalue weighted by Crippen LogP contribution is 2.26. The average Bonchev–Trinajstić information content (AvgIpc) is 2.83. The first kappa shape index (κ1) is 14.8. The monoisotopic (exact) mass is 274 g/mol. The van der Waals surface area contributed by atoms with Gasteiger partial charge in [-0.2, -0.15) is 0 Å². The number of carbonyl (C=O) groups is 2. The lowest BCUT2D eigenvalue weighted by molar-refractivity contribution is -0.136. The smallest absolute Gasteiger partial charge is 0.303 e. The fourth-order valence-electron chi connectivity index (χ4n) is 1.29. The Morgan fingerprint density at radius 2 is 1.89 bits per heavy atom. The van der Waals surface area contributed by atoms with Gasteiger partial charge in [0.15, 0.2) is 5.78 Å². The van der Waals surface area contributed by atoms with Crippen LogP contribution in [0.4, 0.5) is 0 Å². The zero-order chi connectivity index (χ0) is 13.7. The van der Waals surface area contributed by atoms with E-state index < -0.39 is 24.8 Å². The minimum atomic E-state index is -1.30. The van der Waals surface area contributed by atoms with Gasteiger partial charge in [0.1, 0.15) is 12.2 Å². The van der Waals surface area contributed by atoms with Crippen LogP contribution in [0.1, 0.15) is 33.5 Å². The lowest BCUT2D eigenvalue weighted by atomic mass is 10.1. The largest absolute Gasteiger partial charge is 0.481 e. The minimum Gasteiger partial charge on any atom is -0.481 e. The van der Waals surface area contributed by atoms with Crippen molar-refractivity contribution in [2.75, 3.05) is 6.61 Å². The molecular weight excluding hydrogens is 260 g/mol. The third-order valence-corrected chi connectivity index (χ3v) is 3.51. The van der Waals surface area contributed by atoms with Gasteiger partial charge in [0, 0.05) is 11.3 Å². The Morgan fingerprint density at radius 1 is 1.22 bits per heavy atom. The second kappa shape index (κ2) is 6.60. The number of ketones is 1. The van der Waals surface area contributed by atoms with Crippen molar-refractivity contribution in [2.24, 2.45) is 0 Å². The Hall–Kier alpha value is -1.28. The molecule has 2 unspecified atom stereocenters. The molecule has 0 fully saturated rings. The van der Waals surface area contributed by atoms with Gasteiger partial charge in [-0.3, -0.25) is 9.59 Å². The molecule has 1 aromatic rings. The Morgan fingerprint density at radius 3 is 2.44 bits per heavy atom. The Kier molecular flexibility index (Phi) is 5.42. The van der Waals surface area contributed by atoms with Gasteiger partial charge in [0.2, 0.25) is 0 Å². The number of carboxylic acids is 1. The summed E-state index contributed by atoms with van der Waals surface area (Å²) in [7, 11) is 0. The first-order chi connectivity index (χ1) is 8.45. The molecule has 18 heavy (non-hydrogen) atoms. The standard InChI is InChI=1S/C11H14O6S/c12-5-7(14)11(17)9-3-2-8(18-9)6(13)1-4-10(15)16/h2-3,7,11-12,14,17H,1,4-5H2,(H,15,16). The molecule has 1 heterocycles. The zero-order valence-corrected chi connectivity index (χ0v) is 10.3. The van der Waals surface area contributed by atoms with E-state index in [1.165, 1.54) is 12.1 Å².